The summed E-state index contributed by atoms with van der Waals surface area (Å²) in [5.74, 6) is 0.0596. The van der Waals surface area contributed by atoms with Gasteiger partial charge in [-0.1, -0.05) is 0 Å². The van der Waals surface area contributed by atoms with Crippen LogP contribution in [0, 0.1) is 6.92 Å². The van der Waals surface area contributed by atoms with Gasteiger partial charge in [-0.3, -0.25) is 4.79 Å². The zero-order valence-electron chi connectivity index (χ0n) is 7.07. The summed E-state index contributed by atoms with van der Waals surface area (Å²) in [7, 11) is 0. The molecule has 1 N–H and O–H groups in total. The molecule has 2 aromatic rings. The lowest BCUT2D eigenvalue weighted by Gasteiger charge is -1.97. The Balaban J connectivity index is 2.84. The Labute approximate surface area is 79.4 Å². The molecule has 0 saturated carbocycles. The molecule has 0 atom stereocenters. The number of hydrogen-bond acceptors (Lipinski definition) is 3. The number of benzene rings is 1. The number of aryl methyl sites for hydroxylation is 1. The fourth-order valence-electron chi connectivity index (χ4n) is 1.30. The van der Waals surface area contributed by atoms with Crippen LogP contribution in [0.4, 0.5) is 0 Å². The van der Waals surface area contributed by atoms with Crippen molar-refractivity contribution in [2.75, 3.05) is 0 Å². The van der Waals surface area contributed by atoms with Crippen LogP contribution in [0.25, 0.3) is 10.1 Å². The first-order chi connectivity index (χ1) is 6.22. The van der Waals surface area contributed by atoms with Crippen molar-refractivity contribution in [2.45, 2.75) is 6.92 Å². The van der Waals surface area contributed by atoms with E-state index < -0.39 is 0 Å². The molecule has 1 aromatic heterocycles. The van der Waals surface area contributed by atoms with Crippen molar-refractivity contribution in [3.05, 3.63) is 28.6 Å². The Hall–Kier alpha value is -1.35. The predicted octanol–water partition coefficient (Wildman–Crippen LogP) is 2.73. The zero-order valence-corrected chi connectivity index (χ0v) is 7.89. The third-order valence-corrected chi connectivity index (χ3v) is 3.11. The maximum absolute atomic E-state index is 10.5. The van der Waals surface area contributed by atoms with Crippen molar-refractivity contribution in [3.8, 4) is 5.75 Å². The number of aromatic hydroxyl groups is 1. The molecule has 1 aromatic carbocycles. The van der Waals surface area contributed by atoms with E-state index in [9.17, 15) is 9.90 Å². The Morgan fingerprint density at radius 3 is 2.92 bits per heavy atom. The minimum Gasteiger partial charge on any atom is -0.507 e. The molecular weight excluding hydrogens is 184 g/mol. The molecule has 0 spiro atoms. The number of hydrogen-bond donors (Lipinski definition) is 1. The number of carbonyl (C=O) groups excluding carboxylic acids is 1. The monoisotopic (exact) mass is 192 g/mol. The van der Waals surface area contributed by atoms with Crippen LogP contribution in [0.15, 0.2) is 17.5 Å². The van der Waals surface area contributed by atoms with Gasteiger partial charge in [0.15, 0.2) is 6.29 Å². The lowest BCUT2D eigenvalue weighted by Crippen LogP contribution is -1.80. The van der Waals surface area contributed by atoms with Gasteiger partial charge in [0.05, 0.1) is 5.56 Å². The molecule has 66 valence electrons. The van der Waals surface area contributed by atoms with E-state index in [0.29, 0.717) is 11.8 Å². The molecule has 0 aliphatic rings. The van der Waals surface area contributed by atoms with Gasteiger partial charge in [-0.05, 0) is 35.4 Å². The molecule has 2 nitrogen and oxygen atoms in total. The van der Waals surface area contributed by atoms with E-state index in [4.69, 9.17) is 0 Å². The van der Waals surface area contributed by atoms with Crippen molar-refractivity contribution in [1.82, 2.24) is 0 Å². The van der Waals surface area contributed by atoms with Crippen LogP contribution in [0.5, 0.6) is 5.75 Å². The maximum atomic E-state index is 10.5. The fourth-order valence-corrected chi connectivity index (χ4v) is 2.26. The standard InChI is InChI=1S/C10H8O2S/c1-6-5-13-10-3-9(12)7(4-11)2-8(6)10/h2-5,12H,1H3. The number of aldehydes is 1. The van der Waals surface area contributed by atoms with Crippen LogP contribution < -0.4 is 0 Å². The number of fused-ring (bicyclic) bond motifs is 1. The molecule has 0 unspecified atom stereocenters. The summed E-state index contributed by atoms with van der Waals surface area (Å²) in [5, 5.41) is 12.5. The van der Waals surface area contributed by atoms with Crippen LogP contribution in [0.2, 0.25) is 0 Å². The summed E-state index contributed by atoms with van der Waals surface area (Å²) in [6.07, 6.45) is 0.672. The quantitative estimate of drug-likeness (QED) is 0.705. The Bertz CT molecular complexity index is 471. The van der Waals surface area contributed by atoms with Crippen LogP contribution in [0.1, 0.15) is 15.9 Å². The number of rotatable bonds is 1. The van der Waals surface area contributed by atoms with Crippen molar-refractivity contribution in [2.24, 2.45) is 0 Å². The van der Waals surface area contributed by atoms with Gasteiger partial charge in [-0.25, -0.2) is 0 Å². The molecule has 0 fully saturated rings. The predicted molar refractivity (Wildman–Crippen MR) is 53.6 cm³/mol. The summed E-state index contributed by atoms with van der Waals surface area (Å²) >= 11 is 1.57. The van der Waals surface area contributed by atoms with E-state index in [1.165, 1.54) is 0 Å². The van der Waals surface area contributed by atoms with E-state index in [-0.39, 0.29) is 5.75 Å². The molecular formula is C10H8O2S. The Morgan fingerprint density at radius 1 is 1.46 bits per heavy atom. The highest BCUT2D eigenvalue weighted by molar-refractivity contribution is 7.17. The highest BCUT2D eigenvalue weighted by Gasteiger charge is 2.05. The average molecular weight is 192 g/mol. The van der Waals surface area contributed by atoms with Crippen LogP contribution in [-0.2, 0) is 0 Å². The van der Waals surface area contributed by atoms with Gasteiger partial charge < -0.3 is 5.11 Å². The van der Waals surface area contributed by atoms with Crippen LogP contribution in [-0.4, -0.2) is 11.4 Å². The second-order valence-corrected chi connectivity index (χ2v) is 3.85. The summed E-state index contributed by atoms with van der Waals surface area (Å²) in [6, 6.07) is 3.36. The normalized spacial score (nSPS) is 10.5. The van der Waals surface area contributed by atoms with Gasteiger partial charge in [0.25, 0.3) is 0 Å². The van der Waals surface area contributed by atoms with Gasteiger partial charge in [0.2, 0.25) is 0 Å². The van der Waals surface area contributed by atoms with E-state index in [0.717, 1.165) is 15.6 Å². The molecule has 0 radical (unpaired) electrons. The third kappa shape index (κ3) is 1.21. The Kier molecular flexibility index (Phi) is 1.81. The van der Waals surface area contributed by atoms with E-state index >= 15 is 0 Å². The third-order valence-electron chi connectivity index (χ3n) is 2.04. The van der Waals surface area contributed by atoms with Crippen molar-refractivity contribution >= 4 is 27.7 Å². The summed E-state index contributed by atoms with van der Waals surface area (Å²) in [6.45, 7) is 1.99. The minimum absolute atomic E-state index is 0.0596. The Morgan fingerprint density at radius 2 is 2.23 bits per heavy atom. The maximum Gasteiger partial charge on any atom is 0.153 e. The molecule has 0 saturated heterocycles. The SMILES string of the molecule is Cc1csc2cc(O)c(C=O)cc12. The first-order valence-corrected chi connectivity index (χ1v) is 4.76. The molecule has 0 aliphatic heterocycles. The van der Waals surface area contributed by atoms with Crippen LogP contribution in [0.3, 0.4) is 0 Å². The van der Waals surface area contributed by atoms with Crippen molar-refractivity contribution < 1.29 is 9.90 Å². The summed E-state index contributed by atoms with van der Waals surface area (Å²) < 4.78 is 1.01. The number of phenols is 1. The number of carbonyl (C=O) groups is 1. The van der Waals surface area contributed by atoms with Gasteiger partial charge in [0.1, 0.15) is 5.75 Å². The second-order valence-electron chi connectivity index (χ2n) is 2.94. The molecule has 0 bridgehead atoms. The van der Waals surface area contributed by atoms with Crippen molar-refractivity contribution in [3.63, 3.8) is 0 Å². The van der Waals surface area contributed by atoms with Crippen molar-refractivity contribution in [1.29, 1.82) is 0 Å². The lowest BCUT2D eigenvalue weighted by molar-refractivity contribution is 0.112. The molecule has 1 heterocycles. The van der Waals surface area contributed by atoms with Crippen LogP contribution >= 0.6 is 11.3 Å². The highest BCUT2D eigenvalue weighted by atomic mass is 32.1. The average Bonchev–Trinajstić information content (AvgIpc) is 2.46. The zero-order chi connectivity index (χ0) is 9.42. The molecule has 13 heavy (non-hydrogen) atoms. The van der Waals surface area contributed by atoms with E-state index in [1.807, 2.05) is 12.3 Å². The van der Waals surface area contributed by atoms with Gasteiger partial charge in [-0.15, -0.1) is 11.3 Å². The molecule has 3 heteroatoms. The summed E-state index contributed by atoms with van der Waals surface area (Å²) in [5.41, 5.74) is 1.50. The molecule has 2 rings (SSSR count). The smallest absolute Gasteiger partial charge is 0.153 e. The molecule has 0 aliphatic carbocycles. The van der Waals surface area contributed by atoms with Gasteiger partial charge in [-0.2, -0.15) is 0 Å². The summed E-state index contributed by atoms with van der Waals surface area (Å²) in [4.78, 5) is 10.5. The van der Waals surface area contributed by atoms with Gasteiger partial charge >= 0.3 is 0 Å². The largest absolute Gasteiger partial charge is 0.507 e. The van der Waals surface area contributed by atoms with Gasteiger partial charge in [0, 0.05) is 4.70 Å². The number of phenolic OH excluding ortho intramolecular Hbond substituents is 1. The van der Waals surface area contributed by atoms with E-state index in [1.54, 1.807) is 23.5 Å². The lowest BCUT2D eigenvalue weighted by atomic mass is 10.1. The highest BCUT2D eigenvalue weighted by Crippen LogP contribution is 2.30. The van der Waals surface area contributed by atoms with E-state index in [2.05, 4.69) is 0 Å². The molecule has 0 amide bonds. The first-order valence-electron chi connectivity index (χ1n) is 3.88. The number of thiophene rings is 1. The minimum atomic E-state index is 0.0596. The topological polar surface area (TPSA) is 37.3 Å². The fraction of sp³-hybridized carbons (Fsp3) is 0.100. The second kappa shape index (κ2) is 2.85. The first kappa shape index (κ1) is 8.26.